The first-order chi connectivity index (χ1) is 8.02. The minimum atomic E-state index is -0.684. The fraction of sp³-hybridized carbons (Fsp3) is 0.0909. The first-order valence-electron chi connectivity index (χ1n) is 4.73. The number of methoxy groups -OCH3 is 1. The van der Waals surface area contributed by atoms with Crippen molar-refractivity contribution in [3.63, 3.8) is 0 Å². The van der Waals surface area contributed by atoms with Crippen LogP contribution in [0.5, 0.6) is 11.5 Å². The van der Waals surface area contributed by atoms with E-state index >= 15 is 0 Å². The quantitative estimate of drug-likeness (QED) is 0.734. The van der Waals surface area contributed by atoms with Crippen LogP contribution in [0.25, 0.3) is 0 Å². The van der Waals surface area contributed by atoms with Crippen LogP contribution in [0.4, 0.5) is 5.69 Å². The number of anilines is 1. The Labute approximate surface area is 97.0 Å². The monoisotopic (exact) mass is 234 g/mol. The molecule has 17 heavy (non-hydrogen) atoms. The number of hydrogen-bond donors (Lipinski definition) is 2. The highest BCUT2D eigenvalue weighted by atomic mass is 16.5. The maximum absolute atomic E-state index is 11.4. The number of rotatable bonds is 2. The van der Waals surface area contributed by atoms with Crippen LogP contribution < -0.4 is 20.5 Å². The molecule has 0 saturated heterocycles. The molecule has 2 rings (SSSR count). The maximum atomic E-state index is 11.4. The fourth-order valence-corrected chi connectivity index (χ4v) is 1.47. The molecule has 1 aliphatic heterocycles. The molecule has 0 fully saturated rings. The molecule has 1 heterocycles. The highest BCUT2D eigenvalue weighted by Gasteiger charge is 2.25. The zero-order valence-electron chi connectivity index (χ0n) is 9.07. The van der Waals surface area contributed by atoms with Crippen molar-refractivity contribution in [3.05, 3.63) is 30.0 Å². The van der Waals surface area contributed by atoms with Crippen molar-refractivity contribution in [1.82, 2.24) is 0 Å². The molecule has 0 atom stereocenters. The summed E-state index contributed by atoms with van der Waals surface area (Å²) in [6.45, 7) is 3.43. The van der Waals surface area contributed by atoms with E-state index in [4.69, 9.17) is 15.2 Å². The van der Waals surface area contributed by atoms with E-state index in [9.17, 15) is 9.59 Å². The first kappa shape index (κ1) is 11.0. The van der Waals surface area contributed by atoms with Crippen LogP contribution in [-0.4, -0.2) is 18.9 Å². The van der Waals surface area contributed by atoms with Crippen LogP contribution >= 0.6 is 0 Å². The lowest BCUT2D eigenvalue weighted by atomic mass is 10.1. The molecule has 0 saturated carbocycles. The van der Waals surface area contributed by atoms with E-state index in [0.717, 1.165) is 0 Å². The predicted octanol–water partition coefficient (Wildman–Crippen LogP) is 0.639. The Kier molecular flexibility index (Phi) is 2.47. The molecule has 6 heteroatoms. The second kappa shape index (κ2) is 3.82. The summed E-state index contributed by atoms with van der Waals surface area (Å²) < 4.78 is 10.2. The van der Waals surface area contributed by atoms with Crippen molar-refractivity contribution in [2.45, 2.75) is 0 Å². The standard InChI is InChI=1S/C11H10N2O4/c1-5-11(15)13-9-7(10(12)14)3-6(16-2)4-8(9)17-5/h3-4H,1H2,2H3,(H2,12,14)(H,13,15). The van der Waals surface area contributed by atoms with Gasteiger partial charge in [-0.05, 0) is 6.07 Å². The van der Waals surface area contributed by atoms with Crippen molar-refractivity contribution in [2.24, 2.45) is 5.73 Å². The summed E-state index contributed by atoms with van der Waals surface area (Å²) in [6, 6.07) is 2.96. The molecule has 6 nitrogen and oxygen atoms in total. The summed E-state index contributed by atoms with van der Waals surface area (Å²) in [5.74, 6) is -0.563. The summed E-state index contributed by atoms with van der Waals surface area (Å²) in [4.78, 5) is 22.6. The number of benzene rings is 1. The lowest BCUT2D eigenvalue weighted by Crippen LogP contribution is -2.26. The molecule has 0 aromatic heterocycles. The van der Waals surface area contributed by atoms with Gasteiger partial charge in [-0.25, -0.2) is 0 Å². The molecule has 1 aromatic rings. The third-order valence-corrected chi connectivity index (χ3v) is 2.30. The van der Waals surface area contributed by atoms with Gasteiger partial charge in [0.2, 0.25) is 0 Å². The van der Waals surface area contributed by atoms with Crippen LogP contribution in [0.1, 0.15) is 10.4 Å². The molecule has 1 aliphatic rings. The number of primary amides is 1. The molecule has 88 valence electrons. The Hall–Kier alpha value is -2.50. The van der Waals surface area contributed by atoms with E-state index in [1.807, 2.05) is 0 Å². The van der Waals surface area contributed by atoms with Gasteiger partial charge < -0.3 is 20.5 Å². The zero-order valence-corrected chi connectivity index (χ0v) is 9.07. The van der Waals surface area contributed by atoms with Gasteiger partial charge in [0.05, 0.1) is 18.4 Å². The van der Waals surface area contributed by atoms with Gasteiger partial charge in [-0.1, -0.05) is 6.58 Å². The fourth-order valence-electron chi connectivity index (χ4n) is 1.47. The number of ether oxygens (including phenoxy) is 2. The van der Waals surface area contributed by atoms with Gasteiger partial charge in [-0.15, -0.1) is 0 Å². The molecule has 2 amide bonds. The Morgan fingerprint density at radius 1 is 1.53 bits per heavy atom. The lowest BCUT2D eigenvalue weighted by molar-refractivity contribution is -0.115. The number of carbonyl (C=O) groups is 2. The summed E-state index contributed by atoms with van der Waals surface area (Å²) in [6.07, 6.45) is 0. The second-order valence-electron chi connectivity index (χ2n) is 3.39. The Morgan fingerprint density at radius 2 is 2.24 bits per heavy atom. The van der Waals surface area contributed by atoms with Gasteiger partial charge in [-0.2, -0.15) is 0 Å². The van der Waals surface area contributed by atoms with Crippen LogP contribution in [0.3, 0.4) is 0 Å². The summed E-state index contributed by atoms with van der Waals surface area (Å²) in [7, 11) is 1.45. The normalized spacial score (nSPS) is 13.5. The Bertz CT molecular complexity index is 537. The third kappa shape index (κ3) is 1.80. The van der Waals surface area contributed by atoms with Gasteiger partial charge >= 0.3 is 0 Å². The van der Waals surface area contributed by atoms with E-state index in [1.165, 1.54) is 19.2 Å². The Balaban J connectivity index is 2.62. The minimum absolute atomic E-state index is 0.0545. The zero-order chi connectivity index (χ0) is 12.6. The summed E-state index contributed by atoms with van der Waals surface area (Å²) in [5.41, 5.74) is 5.58. The second-order valence-corrected chi connectivity index (χ2v) is 3.39. The topological polar surface area (TPSA) is 90.7 Å². The van der Waals surface area contributed by atoms with Crippen molar-refractivity contribution in [3.8, 4) is 11.5 Å². The van der Waals surface area contributed by atoms with E-state index < -0.39 is 11.8 Å². The van der Waals surface area contributed by atoms with Gasteiger partial charge in [-0.3, -0.25) is 9.59 Å². The lowest BCUT2D eigenvalue weighted by Gasteiger charge is -2.21. The predicted molar refractivity (Wildman–Crippen MR) is 59.9 cm³/mol. The van der Waals surface area contributed by atoms with Crippen LogP contribution in [0.15, 0.2) is 24.5 Å². The SMILES string of the molecule is C=C1Oc2cc(OC)cc(C(N)=O)c2NC1=O. The molecule has 0 spiro atoms. The van der Waals surface area contributed by atoms with Crippen LogP contribution in [0.2, 0.25) is 0 Å². The number of nitrogens with two attached hydrogens (primary N) is 1. The largest absolute Gasteiger partial charge is 0.497 e. The molecule has 0 unspecified atom stereocenters. The van der Waals surface area contributed by atoms with Crippen LogP contribution in [0, 0.1) is 0 Å². The van der Waals surface area contributed by atoms with E-state index in [2.05, 4.69) is 11.9 Å². The van der Waals surface area contributed by atoms with Gasteiger partial charge in [0.1, 0.15) is 5.75 Å². The minimum Gasteiger partial charge on any atom is -0.497 e. The average molecular weight is 234 g/mol. The third-order valence-electron chi connectivity index (χ3n) is 2.30. The van der Waals surface area contributed by atoms with Gasteiger partial charge in [0.25, 0.3) is 11.8 Å². The van der Waals surface area contributed by atoms with Gasteiger partial charge in [0, 0.05) is 6.07 Å². The van der Waals surface area contributed by atoms with E-state index in [0.29, 0.717) is 5.75 Å². The van der Waals surface area contributed by atoms with Crippen LogP contribution in [-0.2, 0) is 4.79 Å². The first-order valence-corrected chi connectivity index (χ1v) is 4.73. The smallest absolute Gasteiger partial charge is 0.290 e. The van der Waals surface area contributed by atoms with E-state index in [-0.39, 0.29) is 22.8 Å². The number of hydrogen-bond acceptors (Lipinski definition) is 4. The highest BCUT2D eigenvalue weighted by Crippen LogP contribution is 2.37. The molecular weight excluding hydrogens is 224 g/mol. The Morgan fingerprint density at radius 3 is 2.82 bits per heavy atom. The number of amides is 2. The molecular formula is C11H10N2O4. The molecule has 3 N–H and O–H groups in total. The maximum Gasteiger partial charge on any atom is 0.290 e. The number of fused-ring (bicyclic) bond motifs is 1. The van der Waals surface area contributed by atoms with Gasteiger partial charge in [0.15, 0.2) is 11.5 Å². The highest BCUT2D eigenvalue weighted by molar-refractivity contribution is 6.10. The van der Waals surface area contributed by atoms with Crippen molar-refractivity contribution < 1.29 is 19.1 Å². The molecule has 0 radical (unpaired) electrons. The summed E-state index contributed by atoms with van der Waals surface area (Å²) >= 11 is 0. The van der Waals surface area contributed by atoms with E-state index in [1.54, 1.807) is 0 Å². The number of carbonyl (C=O) groups excluding carboxylic acids is 2. The summed E-state index contributed by atoms with van der Waals surface area (Å²) in [5, 5.41) is 2.49. The van der Waals surface area contributed by atoms with Crippen molar-refractivity contribution >= 4 is 17.5 Å². The molecule has 1 aromatic carbocycles. The average Bonchev–Trinajstić information content (AvgIpc) is 2.29. The molecule has 0 aliphatic carbocycles. The van der Waals surface area contributed by atoms with Crippen molar-refractivity contribution in [2.75, 3.05) is 12.4 Å². The number of nitrogens with one attached hydrogen (secondary N) is 1. The van der Waals surface area contributed by atoms with Crippen molar-refractivity contribution in [1.29, 1.82) is 0 Å². The molecule has 0 bridgehead atoms.